The van der Waals surface area contributed by atoms with Gasteiger partial charge in [0.15, 0.2) is 0 Å². The molecule has 2 atom stereocenters. The lowest BCUT2D eigenvalue weighted by atomic mass is 9.89. The summed E-state index contributed by atoms with van der Waals surface area (Å²) in [6.07, 6.45) is 3.61. The molecule has 15 heteroatoms. The van der Waals surface area contributed by atoms with E-state index in [2.05, 4.69) is 5.32 Å². The Morgan fingerprint density at radius 1 is 0.707 bits per heavy atom. The standard InChI is InChI=1S/C26H53N3O10P2/c1-7-34-25(30)19-28(20-26(31)35-8-2)17-18-29(22-41(33,38-11-5)39-12-6)24-16-14-13-15-23(24)27-21-40(32,36-9-3)37-10-4/h23-24,27H,7-22H2,1-6H3/t23-,24-/m0/s1. The number of esters is 2. The maximum Gasteiger partial charge on any atom is 0.344 e. The van der Waals surface area contributed by atoms with Crippen molar-refractivity contribution in [2.45, 2.75) is 79.3 Å². The second-order valence-corrected chi connectivity index (χ2v) is 13.6. The van der Waals surface area contributed by atoms with Crippen LogP contribution in [0.3, 0.4) is 0 Å². The van der Waals surface area contributed by atoms with E-state index >= 15 is 0 Å². The largest absolute Gasteiger partial charge is 0.465 e. The van der Waals surface area contributed by atoms with Gasteiger partial charge in [-0.25, -0.2) is 0 Å². The highest BCUT2D eigenvalue weighted by atomic mass is 31.2. The molecule has 13 nitrogen and oxygen atoms in total. The van der Waals surface area contributed by atoms with Gasteiger partial charge in [0, 0.05) is 25.2 Å². The Morgan fingerprint density at radius 2 is 1.20 bits per heavy atom. The molecule has 0 bridgehead atoms. The molecule has 0 amide bonds. The summed E-state index contributed by atoms with van der Waals surface area (Å²) in [6.45, 7) is 12.4. The van der Waals surface area contributed by atoms with Gasteiger partial charge in [0.1, 0.15) is 6.29 Å². The summed E-state index contributed by atoms with van der Waals surface area (Å²) in [5, 5.41) is 3.41. The Kier molecular flexibility index (Phi) is 19.5. The molecule has 1 saturated carbocycles. The van der Waals surface area contributed by atoms with Crippen LogP contribution in [0.2, 0.25) is 0 Å². The van der Waals surface area contributed by atoms with Gasteiger partial charge >= 0.3 is 27.1 Å². The zero-order chi connectivity index (χ0) is 30.7. The van der Waals surface area contributed by atoms with Crippen LogP contribution in [0.15, 0.2) is 0 Å². The number of rotatable bonds is 23. The van der Waals surface area contributed by atoms with Gasteiger partial charge in [0.25, 0.3) is 0 Å². The number of ether oxygens (including phenoxy) is 2. The average molecular weight is 630 g/mol. The summed E-state index contributed by atoms with van der Waals surface area (Å²) >= 11 is 0. The van der Waals surface area contributed by atoms with E-state index in [1.165, 1.54) is 0 Å². The van der Waals surface area contributed by atoms with E-state index in [1.54, 1.807) is 46.4 Å². The molecule has 41 heavy (non-hydrogen) atoms. The zero-order valence-electron chi connectivity index (χ0n) is 25.8. The number of carbonyl (C=O) groups is 2. The lowest BCUT2D eigenvalue weighted by Crippen LogP contribution is -2.54. The van der Waals surface area contributed by atoms with Gasteiger partial charge in [-0.2, -0.15) is 0 Å². The van der Waals surface area contributed by atoms with Crippen molar-refractivity contribution >= 4 is 27.1 Å². The predicted molar refractivity (Wildman–Crippen MR) is 157 cm³/mol. The fraction of sp³-hybridized carbons (Fsp3) is 0.923. The van der Waals surface area contributed by atoms with Crippen LogP contribution in [-0.2, 0) is 46.3 Å². The molecule has 1 aliphatic carbocycles. The molecule has 1 N–H and O–H groups in total. The van der Waals surface area contributed by atoms with Crippen LogP contribution in [0, 0.1) is 0 Å². The lowest BCUT2D eigenvalue weighted by molar-refractivity contribution is -0.148. The Hall–Kier alpha value is -0.880. The quantitative estimate of drug-likeness (QED) is 0.128. The number of hydrogen-bond donors (Lipinski definition) is 1. The van der Waals surface area contributed by atoms with Gasteiger partial charge in [-0.05, 0) is 54.4 Å². The van der Waals surface area contributed by atoms with Crippen molar-refractivity contribution in [3.8, 4) is 0 Å². The van der Waals surface area contributed by atoms with Crippen LogP contribution in [0.4, 0.5) is 0 Å². The molecule has 0 aromatic rings. The average Bonchev–Trinajstić information content (AvgIpc) is 2.91. The maximum absolute atomic E-state index is 13.7. The molecule has 0 aromatic carbocycles. The van der Waals surface area contributed by atoms with Crippen LogP contribution in [0.25, 0.3) is 0 Å². The fourth-order valence-electron chi connectivity index (χ4n) is 4.88. The fourth-order valence-corrected chi connectivity index (χ4v) is 8.20. The summed E-state index contributed by atoms with van der Waals surface area (Å²) < 4.78 is 59.3. The first-order valence-corrected chi connectivity index (χ1v) is 18.3. The monoisotopic (exact) mass is 629 g/mol. The molecule has 0 radical (unpaired) electrons. The zero-order valence-corrected chi connectivity index (χ0v) is 27.6. The van der Waals surface area contributed by atoms with E-state index in [4.69, 9.17) is 27.6 Å². The van der Waals surface area contributed by atoms with Gasteiger partial charge < -0.3 is 32.9 Å². The molecule has 0 spiro atoms. The third-order valence-electron chi connectivity index (χ3n) is 6.42. The summed E-state index contributed by atoms with van der Waals surface area (Å²) in [5.74, 6) is -0.894. The second-order valence-electron chi connectivity index (χ2n) is 9.49. The second kappa shape index (κ2) is 20.9. The van der Waals surface area contributed by atoms with Crippen molar-refractivity contribution in [3.63, 3.8) is 0 Å². The third-order valence-corrected chi connectivity index (χ3v) is 10.3. The topological polar surface area (TPSA) is 142 Å². The molecule has 0 unspecified atom stereocenters. The summed E-state index contributed by atoms with van der Waals surface area (Å²) in [5.41, 5.74) is 0. The van der Waals surface area contributed by atoms with E-state index in [9.17, 15) is 18.7 Å². The molecule has 0 saturated heterocycles. The summed E-state index contributed by atoms with van der Waals surface area (Å²) in [7, 11) is -6.81. The van der Waals surface area contributed by atoms with Crippen LogP contribution >= 0.6 is 15.2 Å². The van der Waals surface area contributed by atoms with Crippen LogP contribution in [-0.4, -0.2) is 112 Å². The van der Waals surface area contributed by atoms with E-state index in [0.29, 0.717) is 13.1 Å². The van der Waals surface area contributed by atoms with Crippen molar-refractivity contribution < 1.29 is 46.3 Å². The maximum atomic E-state index is 13.7. The molecule has 1 fully saturated rings. The van der Waals surface area contributed by atoms with Gasteiger partial charge in [0.2, 0.25) is 0 Å². The molecule has 0 aliphatic heterocycles. The van der Waals surface area contributed by atoms with Crippen molar-refractivity contribution in [2.75, 3.05) is 78.4 Å². The van der Waals surface area contributed by atoms with Crippen molar-refractivity contribution in [1.29, 1.82) is 0 Å². The molecule has 242 valence electrons. The molecule has 0 aromatic heterocycles. The highest BCUT2D eigenvalue weighted by Crippen LogP contribution is 2.50. The number of nitrogens with zero attached hydrogens (tertiary/aromatic N) is 2. The molecule has 1 aliphatic rings. The molecular formula is C26H53N3O10P2. The Bertz CT molecular complexity index is 810. The highest BCUT2D eigenvalue weighted by Gasteiger charge is 2.37. The first-order valence-electron chi connectivity index (χ1n) is 14.9. The molecule has 1 rings (SSSR count). The predicted octanol–water partition coefficient (Wildman–Crippen LogP) is 4.06. The lowest BCUT2D eigenvalue weighted by Gasteiger charge is -2.42. The third kappa shape index (κ3) is 14.9. The minimum Gasteiger partial charge on any atom is -0.465 e. The van der Waals surface area contributed by atoms with Crippen LogP contribution in [0.5, 0.6) is 0 Å². The van der Waals surface area contributed by atoms with E-state index in [-0.39, 0.29) is 77.4 Å². The summed E-state index contributed by atoms with van der Waals surface area (Å²) in [4.78, 5) is 28.3. The highest BCUT2D eigenvalue weighted by molar-refractivity contribution is 7.54. The number of nitrogens with one attached hydrogen (secondary N) is 1. The van der Waals surface area contributed by atoms with Crippen molar-refractivity contribution in [1.82, 2.24) is 15.1 Å². The van der Waals surface area contributed by atoms with Crippen molar-refractivity contribution in [3.05, 3.63) is 0 Å². The van der Waals surface area contributed by atoms with E-state index in [0.717, 1.165) is 25.7 Å². The summed E-state index contributed by atoms with van der Waals surface area (Å²) in [6, 6.07) is -0.208. The van der Waals surface area contributed by atoms with Gasteiger partial charge in [0.05, 0.1) is 59.0 Å². The van der Waals surface area contributed by atoms with E-state index in [1.807, 2.05) is 4.90 Å². The van der Waals surface area contributed by atoms with Gasteiger partial charge in [-0.1, -0.05) is 12.8 Å². The van der Waals surface area contributed by atoms with E-state index < -0.39 is 27.1 Å². The minimum absolute atomic E-state index is 0.0265. The molecule has 0 heterocycles. The number of carbonyl (C=O) groups excluding carboxylic acids is 2. The van der Waals surface area contributed by atoms with Crippen molar-refractivity contribution in [2.24, 2.45) is 0 Å². The SMILES string of the molecule is CCOC(=O)CN(CCN(CP(=O)(OCC)OCC)[C@H]1CCCC[C@@H]1NCP(=O)(OCC)OCC)CC(=O)OCC. The van der Waals surface area contributed by atoms with Crippen LogP contribution in [0.1, 0.15) is 67.2 Å². The first-order chi connectivity index (χ1) is 19.6. The van der Waals surface area contributed by atoms with Gasteiger partial charge in [-0.15, -0.1) is 0 Å². The Balaban J connectivity index is 3.24. The Morgan fingerprint density at radius 3 is 1.68 bits per heavy atom. The smallest absolute Gasteiger partial charge is 0.344 e. The first kappa shape index (κ1) is 38.1. The normalized spacial score (nSPS) is 18.1. The number of hydrogen-bond acceptors (Lipinski definition) is 13. The Labute approximate surface area is 246 Å². The van der Waals surface area contributed by atoms with Gasteiger partial charge in [-0.3, -0.25) is 28.5 Å². The molecular weight excluding hydrogens is 576 g/mol. The van der Waals surface area contributed by atoms with Crippen LogP contribution < -0.4 is 5.32 Å². The minimum atomic E-state index is -3.49.